The van der Waals surface area contributed by atoms with Crippen LogP contribution < -0.4 is 9.64 Å². The maximum absolute atomic E-state index is 13.0. The van der Waals surface area contributed by atoms with Crippen LogP contribution in [0.15, 0.2) is 60.9 Å². The molecule has 0 unspecified atom stereocenters. The number of benzene rings is 2. The monoisotopic (exact) mass is 402 g/mol. The molecule has 4 rings (SSSR count). The minimum Gasteiger partial charge on any atom is -0.473 e. The van der Waals surface area contributed by atoms with Gasteiger partial charge in [-0.25, -0.2) is 9.97 Å². The van der Waals surface area contributed by atoms with Crippen LogP contribution in [-0.2, 0) is 6.61 Å². The topological polar surface area (TPSA) is 58.6 Å². The highest BCUT2D eigenvalue weighted by Gasteiger charge is 2.24. The molecular weight excluding hydrogens is 376 g/mol. The number of aryl methyl sites for hydroxylation is 2. The molecule has 1 fully saturated rings. The maximum atomic E-state index is 13.0. The standard InChI is InChI=1S/C24H26N4O2/c1-18-8-9-19(2)22(14-18)27-10-12-28(13-11-27)24(29)21-15-23(26-17-25-21)30-16-20-6-4-3-5-7-20/h3-9,14-15,17H,10-13,16H2,1-2H3. The lowest BCUT2D eigenvalue weighted by Gasteiger charge is -2.36. The molecule has 6 nitrogen and oxygen atoms in total. The van der Waals surface area contributed by atoms with E-state index >= 15 is 0 Å². The van der Waals surface area contributed by atoms with E-state index in [1.165, 1.54) is 23.1 Å². The van der Waals surface area contributed by atoms with Gasteiger partial charge in [-0.1, -0.05) is 42.5 Å². The zero-order chi connectivity index (χ0) is 20.9. The van der Waals surface area contributed by atoms with E-state index in [2.05, 4.69) is 46.9 Å². The number of carbonyl (C=O) groups excluding carboxylic acids is 1. The fourth-order valence-electron chi connectivity index (χ4n) is 3.64. The number of carbonyl (C=O) groups is 1. The Hall–Kier alpha value is -3.41. The molecule has 1 saturated heterocycles. The Kier molecular flexibility index (Phi) is 5.93. The van der Waals surface area contributed by atoms with Crippen molar-refractivity contribution in [3.8, 4) is 5.88 Å². The van der Waals surface area contributed by atoms with Gasteiger partial charge in [0.15, 0.2) is 0 Å². The smallest absolute Gasteiger partial charge is 0.272 e. The second-order valence-electron chi connectivity index (χ2n) is 7.58. The van der Waals surface area contributed by atoms with Gasteiger partial charge >= 0.3 is 0 Å². The van der Waals surface area contributed by atoms with Crippen molar-refractivity contribution in [3.05, 3.63) is 83.3 Å². The minimum absolute atomic E-state index is 0.0809. The molecule has 0 aliphatic carbocycles. The average molecular weight is 402 g/mol. The summed E-state index contributed by atoms with van der Waals surface area (Å²) < 4.78 is 5.74. The molecule has 0 atom stereocenters. The third-order valence-electron chi connectivity index (χ3n) is 5.36. The summed E-state index contributed by atoms with van der Waals surface area (Å²) in [5.41, 5.74) is 5.18. The van der Waals surface area contributed by atoms with Gasteiger partial charge in [0.25, 0.3) is 5.91 Å². The first-order valence-corrected chi connectivity index (χ1v) is 10.2. The number of rotatable bonds is 5. The van der Waals surface area contributed by atoms with Gasteiger partial charge in [-0.15, -0.1) is 0 Å². The molecule has 0 spiro atoms. The summed E-state index contributed by atoms with van der Waals surface area (Å²) in [6.07, 6.45) is 1.39. The number of aromatic nitrogens is 2. The van der Waals surface area contributed by atoms with Crippen molar-refractivity contribution in [2.75, 3.05) is 31.1 Å². The molecule has 3 aromatic rings. The zero-order valence-electron chi connectivity index (χ0n) is 17.4. The third kappa shape index (κ3) is 4.59. The first-order valence-electron chi connectivity index (χ1n) is 10.2. The second kappa shape index (κ2) is 8.95. The molecule has 2 aromatic carbocycles. The minimum atomic E-state index is -0.0809. The van der Waals surface area contributed by atoms with Gasteiger partial charge in [0.05, 0.1) is 0 Å². The summed E-state index contributed by atoms with van der Waals surface area (Å²) in [6, 6.07) is 18.0. The number of hydrogen-bond donors (Lipinski definition) is 0. The Morgan fingerprint density at radius 3 is 2.50 bits per heavy atom. The first-order chi connectivity index (χ1) is 14.6. The van der Waals surface area contributed by atoms with Crippen LogP contribution in [0.4, 0.5) is 5.69 Å². The number of piperazine rings is 1. The predicted molar refractivity (Wildman–Crippen MR) is 117 cm³/mol. The lowest BCUT2D eigenvalue weighted by molar-refractivity contribution is 0.0740. The molecule has 1 aliphatic rings. The summed E-state index contributed by atoms with van der Waals surface area (Å²) in [5, 5.41) is 0. The van der Waals surface area contributed by atoms with Crippen LogP contribution >= 0.6 is 0 Å². The molecule has 30 heavy (non-hydrogen) atoms. The number of hydrogen-bond acceptors (Lipinski definition) is 5. The summed E-state index contributed by atoms with van der Waals surface area (Å²) in [7, 11) is 0. The third-order valence-corrected chi connectivity index (χ3v) is 5.36. The summed E-state index contributed by atoms with van der Waals surface area (Å²) in [5.74, 6) is 0.328. The van der Waals surface area contributed by atoms with Crippen molar-refractivity contribution in [2.45, 2.75) is 20.5 Å². The van der Waals surface area contributed by atoms with Crippen molar-refractivity contribution in [3.63, 3.8) is 0 Å². The molecule has 1 aliphatic heterocycles. The Labute approximate surface area is 177 Å². The van der Waals surface area contributed by atoms with Crippen LogP contribution in [0.1, 0.15) is 27.2 Å². The van der Waals surface area contributed by atoms with Crippen LogP contribution in [0, 0.1) is 13.8 Å². The van der Waals surface area contributed by atoms with E-state index in [-0.39, 0.29) is 5.91 Å². The highest BCUT2D eigenvalue weighted by molar-refractivity contribution is 5.92. The van der Waals surface area contributed by atoms with Crippen molar-refractivity contribution in [1.29, 1.82) is 0 Å². The number of anilines is 1. The fourth-order valence-corrected chi connectivity index (χ4v) is 3.64. The fraction of sp³-hybridized carbons (Fsp3) is 0.292. The number of ether oxygens (including phenoxy) is 1. The molecule has 0 radical (unpaired) electrons. The SMILES string of the molecule is Cc1ccc(C)c(N2CCN(C(=O)c3cc(OCc4ccccc4)ncn3)CC2)c1. The van der Waals surface area contributed by atoms with Gasteiger partial charge in [-0.2, -0.15) is 0 Å². The van der Waals surface area contributed by atoms with E-state index < -0.39 is 0 Å². The van der Waals surface area contributed by atoms with Gasteiger partial charge in [0, 0.05) is 37.9 Å². The first kappa shape index (κ1) is 19.9. The summed E-state index contributed by atoms with van der Waals surface area (Å²) in [4.78, 5) is 25.5. The van der Waals surface area contributed by atoms with E-state index in [1.54, 1.807) is 6.07 Å². The molecule has 6 heteroatoms. The Balaban J connectivity index is 1.37. The summed E-state index contributed by atoms with van der Waals surface area (Å²) in [6.45, 7) is 7.57. The molecule has 0 bridgehead atoms. The quantitative estimate of drug-likeness (QED) is 0.652. The maximum Gasteiger partial charge on any atom is 0.272 e. The van der Waals surface area contributed by atoms with Gasteiger partial charge in [0.1, 0.15) is 18.6 Å². The number of amides is 1. The molecule has 154 valence electrons. The van der Waals surface area contributed by atoms with Crippen LogP contribution in [0.2, 0.25) is 0 Å². The van der Waals surface area contributed by atoms with Gasteiger partial charge in [-0.05, 0) is 36.6 Å². The van der Waals surface area contributed by atoms with Crippen molar-refractivity contribution < 1.29 is 9.53 Å². The van der Waals surface area contributed by atoms with E-state index in [1.807, 2.05) is 35.2 Å². The zero-order valence-corrected chi connectivity index (χ0v) is 17.4. The van der Waals surface area contributed by atoms with Gasteiger partial charge in [-0.3, -0.25) is 4.79 Å². The van der Waals surface area contributed by atoms with Crippen molar-refractivity contribution >= 4 is 11.6 Å². The Morgan fingerprint density at radius 1 is 0.967 bits per heavy atom. The lowest BCUT2D eigenvalue weighted by atomic mass is 10.1. The largest absolute Gasteiger partial charge is 0.473 e. The second-order valence-corrected chi connectivity index (χ2v) is 7.58. The van der Waals surface area contributed by atoms with Gasteiger partial charge in [0.2, 0.25) is 5.88 Å². The van der Waals surface area contributed by atoms with Crippen LogP contribution in [0.3, 0.4) is 0 Å². The molecule has 1 aromatic heterocycles. The lowest BCUT2D eigenvalue weighted by Crippen LogP contribution is -2.49. The van der Waals surface area contributed by atoms with E-state index in [9.17, 15) is 4.79 Å². The predicted octanol–water partition coefficient (Wildman–Crippen LogP) is 3.63. The van der Waals surface area contributed by atoms with Crippen LogP contribution in [-0.4, -0.2) is 47.0 Å². The van der Waals surface area contributed by atoms with Crippen LogP contribution in [0.25, 0.3) is 0 Å². The van der Waals surface area contributed by atoms with Crippen molar-refractivity contribution in [2.24, 2.45) is 0 Å². The van der Waals surface area contributed by atoms with Gasteiger partial charge < -0.3 is 14.5 Å². The van der Waals surface area contributed by atoms with E-state index in [4.69, 9.17) is 4.74 Å². The van der Waals surface area contributed by atoms with E-state index in [0.29, 0.717) is 31.3 Å². The molecule has 2 heterocycles. The highest BCUT2D eigenvalue weighted by Crippen LogP contribution is 2.23. The number of nitrogens with zero attached hydrogens (tertiary/aromatic N) is 4. The van der Waals surface area contributed by atoms with Crippen molar-refractivity contribution in [1.82, 2.24) is 14.9 Å². The van der Waals surface area contributed by atoms with E-state index in [0.717, 1.165) is 18.7 Å². The molecular formula is C24H26N4O2. The van der Waals surface area contributed by atoms with Crippen LogP contribution in [0.5, 0.6) is 5.88 Å². The molecule has 0 saturated carbocycles. The molecule has 1 amide bonds. The molecule has 0 N–H and O–H groups in total. The Morgan fingerprint density at radius 2 is 1.73 bits per heavy atom. The Bertz CT molecular complexity index is 1010. The average Bonchev–Trinajstić information content (AvgIpc) is 2.80. The normalized spacial score (nSPS) is 13.9. The highest BCUT2D eigenvalue weighted by atomic mass is 16.5. The summed E-state index contributed by atoms with van der Waals surface area (Å²) >= 11 is 0.